The molecule has 6 heteroatoms. The van der Waals surface area contributed by atoms with E-state index in [1.54, 1.807) is 0 Å². The number of nitrogens with one attached hydrogen (secondary N) is 2. The van der Waals surface area contributed by atoms with Gasteiger partial charge in [-0.2, -0.15) is 0 Å². The zero-order valence-corrected chi connectivity index (χ0v) is 17.5. The lowest BCUT2D eigenvalue weighted by Crippen LogP contribution is -2.44. The molecule has 2 N–H and O–H groups in total. The highest BCUT2D eigenvalue weighted by atomic mass is 35.5. The molecule has 4 rings (SSSR count). The highest BCUT2D eigenvalue weighted by Crippen LogP contribution is 2.36. The van der Waals surface area contributed by atoms with Crippen molar-refractivity contribution >= 4 is 45.5 Å². The minimum atomic E-state index is -0.165. The Morgan fingerprint density at radius 2 is 1.82 bits per heavy atom. The van der Waals surface area contributed by atoms with E-state index in [2.05, 4.69) is 71.2 Å². The summed E-state index contributed by atoms with van der Waals surface area (Å²) in [5.74, 6) is 0. The normalized spacial score (nSPS) is 16.1. The number of rotatable bonds is 2. The van der Waals surface area contributed by atoms with Crippen LogP contribution in [0, 0.1) is 13.8 Å². The van der Waals surface area contributed by atoms with Gasteiger partial charge >= 0.3 is 0 Å². The summed E-state index contributed by atoms with van der Waals surface area (Å²) in [6.45, 7) is 4.13. The molecule has 0 amide bonds. The Hall–Kier alpha value is -2.63. The van der Waals surface area contributed by atoms with E-state index in [0.717, 1.165) is 33.3 Å². The van der Waals surface area contributed by atoms with E-state index in [-0.39, 0.29) is 6.04 Å². The zero-order chi connectivity index (χ0) is 19.8. The van der Waals surface area contributed by atoms with Gasteiger partial charge in [-0.05, 0) is 55.4 Å². The minimum Gasteiger partial charge on any atom is -0.364 e. The molecular weight excluding hydrogens is 388 g/mol. The first-order valence-electron chi connectivity index (χ1n) is 9.09. The predicted octanol–water partition coefficient (Wildman–Crippen LogP) is 4.91. The van der Waals surface area contributed by atoms with Crippen LogP contribution in [0.1, 0.15) is 28.3 Å². The number of nitrogens with zero attached hydrogens (tertiary/aromatic N) is 2. The maximum Gasteiger partial charge on any atom is 0.188 e. The number of pyridine rings is 1. The van der Waals surface area contributed by atoms with Crippen molar-refractivity contribution in [3.8, 4) is 0 Å². The number of hydrogen-bond donors (Lipinski definition) is 2. The molecule has 2 aromatic carbocycles. The molecule has 2 heterocycles. The van der Waals surface area contributed by atoms with Crippen molar-refractivity contribution in [3.63, 3.8) is 0 Å². The van der Waals surface area contributed by atoms with Crippen LogP contribution in [-0.4, -0.2) is 22.2 Å². The Morgan fingerprint density at radius 1 is 1.11 bits per heavy atom. The molecule has 0 bridgehead atoms. The van der Waals surface area contributed by atoms with Gasteiger partial charge in [-0.15, -0.1) is 0 Å². The van der Waals surface area contributed by atoms with Gasteiger partial charge in [0.05, 0.1) is 11.2 Å². The van der Waals surface area contributed by atoms with Crippen LogP contribution in [0.5, 0.6) is 0 Å². The lowest BCUT2D eigenvalue weighted by Gasteiger charge is -2.27. The Labute approximate surface area is 175 Å². The second-order valence-electron chi connectivity index (χ2n) is 6.99. The van der Waals surface area contributed by atoms with Crippen LogP contribution in [0.3, 0.4) is 0 Å². The maximum atomic E-state index is 6.60. The first kappa shape index (κ1) is 18.7. The van der Waals surface area contributed by atoms with Gasteiger partial charge in [0.1, 0.15) is 11.2 Å². The lowest BCUT2D eigenvalue weighted by molar-refractivity contribution is 0.339. The summed E-state index contributed by atoms with van der Waals surface area (Å²) in [4.78, 5) is 4.63. The largest absolute Gasteiger partial charge is 0.364 e. The molecule has 1 aliphatic rings. The van der Waals surface area contributed by atoms with Crippen molar-refractivity contribution in [3.05, 3.63) is 82.0 Å². The quantitative estimate of drug-likeness (QED) is 0.465. The van der Waals surface area contributed by atoms with Crippen LogP contribution in [0.4, 0.5) is 0 Å². The highest BCUT2D eigenvalue weighted by molar-refractivity contribution is 7.80. The Kier molecular flexibility index (Phi) is 4.96. The van der Waals surface area contributed by atoms with Crippen LogP contribution in [-0.2, 0) is 0 Å². The SMILES string of the molecule is CNC(=S)N1NC(c2ccc(C)cc2)=C[C@H]1c1cc2ccc(C)cc2nc1Cl. The summed E-state index contributed by atoms with van der Waals surface area (Å²) < 4.78 is 0. The molecule has 0 radical (unpaired) electrons. The number of halogens is 1. The van der Waals surface area contributed by atoms with E-state index in [9.17, 15) is 0 Å². The van der Waals surface area contributed by atoms with Gasteiger partial charge < -0.3 is 5.32 Å². The lowest BCUT2D eigenvalue weighted by atomic mass is 10.0. The van der Waals surface area contributed by atoms with Crippen molar-refractivity contribution in [1.82, 2.24) is 20.7 Å². The van der Waals surface area contributed by atoms with Crippen LogP contribution in [0.25, 0.3) is 16.6 Å². The van der Waals surface area contributed by atoms with Crippen molar-refractivity contribution < 1.29 is 0 Å². The van der Waals surface area contributed by atoms with E-state index >= 15 is 0 Å². The molecule has 3 aromatic rings. The van der Waals surface area contributed by atoms with Gasteiger partial charge in [0, 0.05) is 18.0 Å². The van der Waals surface area contributed by atoms with Crippen LogP contribution in [0.15, 0.2) is 54.6 Å². The molecule has 1 atom stereocenters. The average Bonchev–Trinajstić information content (AvgIpc) is 3.12. The van der Waals surface area contributed by atoms with Gasteiger partial charge in [-0.3, -0.25) is 10.4 Å². The zero-order valence-electron chi connectivity index (χ0n) is 16.0. The Bertz CT molecular complexity index is 1090. The fourth-order valence-corrected chi connectivity index (χ4v) is 3.78. The minimum absolute atomic E-state index is 0.165. The number of aryl methyl sites for hydroxylation is 2. The van der Waals surface area contributed by atoms with Crippen LogP contribution < -0.4 is 10.7 Å². The number of benzene rings is 2. The van der Waals surface area contributed by atoms with Crippen molar-refractivity contribution in [2.45, 2.75) is 19.9 Å². The molecule has 1 aromatic heterocycles. The molecule has 0 spiro atoms. The van der Waals surface area contributed by atoms with Gasteiger partial charge in [-0.1, -0.05) is 53.6 Å². The summed E-state index contributed by atoms with van der Waals surface area (Å²) in [5, 5.41) is 7.08. The molecule has 142 valence electrons. The molecule has 28 heavy (non-hydrogen) atoms. The second-order valence-corrected chi connectivity index (χ2v) is 7.74. The Balaban J connectivity index is 1.81. The van der Waals surface area contributed by atoms with Crippen molar-refractivity contribution in [2.75, 3.05) is 7.05 Å². The number of aromatic nitrogens is 1. The average molecular weight is 409 g/mol. The summed E-state index contributed by atoms with van der Waals surface area (Å²) >= 11 is 12.1. The Morgan fingerprint density at radius 3 is 2.54 bits per heavy atom. The standard InChI is InChI=1S/C22H21ClN4S/c1-13-4-7-15(8-5-13)19-12-20(27(26-19)22(28)24-3)17-11-16-9-6-14(2)10-18(16)25-21(17)23/h4-12,20,26H,1-3H3,(H,24,28)/t20-/m0/s1. The number of hydrazine groups is 1. The first-order valence-corrected chi connectivity index (χ1v) is 9.88. The van der Waals surface area contributed by atoms with E-state index in [1.807, 2.05) is 25.0 Å². The second kappa shape index (κ2) is 7.41. The van der Waals surface area contributed by atoms with Gasteiger partial charge in [0.25, 0.3) is 0 Å². The maximum absolute atomic E-state index is 6.60. The third-order valence-corrected chi connectivity index (χ3v) is 5.61. The summed E-state index contributed by atoms with van der Waals surface area (Å²) in [6.07, 6.45) is 2.14. The number of hydrogen-bond acceptors (Lipinski definition) is 3. The van der Waals surface area contributed by atoms with E-state index in [0.29, 0.717) is 10.3 Å². The van der Waals surface area contributed by atoms with Crippen LogP contribution >= 0.6 is 23.8 Å². The first-order chi connectivity index (χ1) is 13.5. The molecule has 0 saturated heterocycles. The molecule has 0 saturated carbocycles. The monoisotopic (exact) mass is 408 g/mol. The van der Waals surface area contributed by atoms with Crippen molar-refractivity contribution in [2.24, 2.45) is 0 Å². The molecule has 1 aliphatic heterocycles. The third-order valence-electron chi connectivity index (χ3n) is 4.91. The molecule has 0 unspecified atom stereocenters. The smallest absolute Gasteiger partial charge is 0.188 e. The van der Waals surface area contributed by atoms with Gasteiger partial charge in [0.15, 0.2) is 5.11 Å². The fraction of sp³-hybridized carbons (Fsp3) is 0.182. The molecule has 0 fully saturated rings. The van der Waals surface area contributed by atoms with E-state index < -0.39 is 0 Å². The summed E-state index contributed by atoms with van der Waals surface area (Å²) in [7, 11) is 1.81. The van der Waals surface area contributed by atoms with Gasteiger partial charge in [-0.25, -0.2) is 4.98 Å². The highest BCUT2D eigenvalue weighted by Gasteiger charge is 2.30. The number of fused-ring (bicyclic) bond motifs is 1. The third kappa shape index (κ3) is 3.43. The molecule has 4 nitrogen and oxygen atoms in total. The van der Waals surface area contributed by atoms with E-state index in [4.69, 9.17) is 23.8 Å². The van der Waals surface area contributed by atoms with E-state index in [1.165, 1.54) is 5.56 Å². The fourth-order valence-electron chi connectivity index (χ4n) is 3.37. The number of thiocarbonyl (C=S) groups is 1. The van der Waals surface area contributed by atoms with Gasteiger partial charge in [0.2, 0.25) is 0 Å². The molecule has 0 aliphatic carbocycles. The predicted molar refractivity (Wildman–Crippen MR) is 120 cm³/mol. The topological polar surface area (TPSA) is 40.2 Å². The summed E-state index contributed by atoms with van der Waals surface area (Å²) in [5.41, 5.74) is 9.68. The molecular formula is C22H21ClN4S. The summed E-state index contributed by atoms with van der Waals surface area (Å²) in [6, 6.07) is 16.5. The van der Waals surface area contributed by atoms with Crippen LogP contribution in [0.2, 0.25) is 5.15 Å². The van der Waals surface area contributed by atoms with Crippen molar-refractivity contribution in [1.29, 1.82) is 0 Å².